The first kappa shape index (κ1) is 21.1. The minimum absolute atomic E-state index is 0.104. The third-order valence-electron chi connectivity index (χ3n) is 6.11. The average Bonchev–Trinajstić information content (AvgIpc) is 3.24. The zero-order chi connectivity index (χ0) is 21.6. The lowest BCUT2D eigenvalue weighted by atomic mass is 9.92. The highest BCUT2D eigenvalue weighted by molar-refractivity contribution is 5.95. The highest BCUT2D eigenvalue weighted by Crippen LogP contribution is 2.29. The number of urea groups is 1. The predicted octanol–water partition coefficient (Wildman–Crippen LogP) is 6.65. The number of nitrogens with one attached hydrogen (secondary N) is 1. The van der Waals surface area contributed by atoms with Crippen LogP contribution in [0.25, 0.3) is 10.8 Å². The van der Waals surface area contributed by atoms with E-state index in [9.17, 15) is 4.79 Å². The number of unbranched alkanes of at least 4 members (excludes halogenated alkanes) is 2. The van der Waals surface area contributed by atoms with Crippen LogP contribution in [0.1, 0.15) is 62.6 Å². The Kier molecular flexibility index (Phi) is 6.66. The normalized spacial score (nSPS) is 16.9. The Morgan fingerprint density at radius 3 is 2.58 bits per heavy atom. The number of fused-ring (bicyclic) bond motifs is 1. The van der Waals surface area contributed by atoms with Crippen LogP contribution >= 0.6 is 0 Å². The summed E-state index contributed by atoms with van der Waals surface area (Å²) in [7, 11) is 0. The van der Waals surface area contributed by atoms with E-state index in [1.807, 2.05) is 31.2 Å². The van der Waals surface area contributed by atoms with Gasteiger partial charge >= 0.3 is 6.03 Å². The van der Waals surface area contributed by atoms with Crippen LogP contribution in [0, 0.1) is 0 Å². The molecule has 4 rings (SSSR count). The Labute approximate surface area is 185 Å². The highest BCUT2D eigenvalue weighted by Gasteiger charge is 2.31. The molecule has 160 valence electrons. The molecule has 3 aromatic carbocycles. The summed E-state index contributed by atoms with van der Waals surface area (Å²) in [5.41, 5.74) is 3.47. The number of hydrazone groups is 1. The monoisotopic (exact) mass is 413 g/mol. The molecule has 1 heterocycles. The number of rotatable bonds is 7. The number of carbonyl (C=O) groups excluding carboxylic acids is 1. The molecule has 0 radical (unpaired) electrons. The first-order chi connectivity index (χ1) is 15.2. The van der Waals surface area contributed by atoms with E-state index < -0.39 is 0 Å². The molecule has 2 unspecified atom stereocenters. The molecule has 0 saturated heterocycles. The smallest absolute Gasteiger partial charge is 0.330 e. The van der Waals surface area contributed by atoms with Gasteiger partial charge in [-0.15, -0.1) is 0 Å². The summed E-state index contributed by atoms with van der Waals surface area (Å²) >= 11 is 0. The van der Waals surface area contributed by atoms with Crippen LogP contribution in [0.4, 0.5) is 4.79 Å². The van der Waals surface area contributed by atoms with Crippen LogP contribution in [0.3, 0.4) is 0 Å². The third kappa shape index (κ3) is 4.79. The van der Waals surface area contributed by atoms with E-state index in [0.717, 1.165) is 24.1 Å². The van der Waals surface area contributed by atoms with Crippen LogP contribution in [0.15, 0.2) is 77.9 Å². The van der Waals surface area contributed by atoms with Crippen molar-refractivity contribution in [2.75, 3.05) is 6.54 Å². The molecule has 0 saturated carbocycles. The van der Waals surface area contributed by atoms with Gasteiger partial charge in [-0.3, -0.25) is 0 Å². The lowest BCUT2D eigenvalue weighted by molar-refractivity contribution is 0.201. The van der Waals surface area contributed by atoms with Gasteiger partial charge < -0.3 is 5.32 Å². The maximum Gasteiger partial charge on any atom is 0.338 e. The maximum atomic E-state index is 13.1. The molecule has 2 atom stereocenters. The largest absolute Gasteiger partial charge is 0.338 e. The standard InChI is InChI=1S/C27H31N3O/c1-3-4-6-18-26-25(22-12-7-5-8-13-22)19-30(29-26)27(31)28-20(2)23-17-11-15-21-14-9-10-16-24(21)23/h5,7-17,20,25H,3-4,6,18-19H2,1-2H3,(H,28,31). The summed E-state index contributed by atoms with van der Waals surface area (Å²) in [6.07, 6.45) is 4.41. The fraction of sp³-hybridized carbons (Fsp3) is 0.333. The Bertz CT molecular complexity index is 1060. The molecule has 4 heteroatoms. The van der Waals surface area contributed by atoms with Gasteiger partial charge in [0, 0.05) is 11.6 Å². The number of nitrogens with zero attached hydrogens (tertiary/aromatic N) is 2. The van der Waals surface area contributed by atoms with Crippen molar-refractivity contribution in [3.05, 3.63) is 83.9 Å². The SMILES string of the molecule is CCCCCC1=NN(C(=O)NC(C)c2cccc3ccccc23)CC1c1ccccc1. The molecule has 1 aliphatic rings. The van der Waals surface area contributed by atoms with Crippen LogP contribution in [-0.4, -0.2) is 23.3 Å². The second-order valence-corrected chi connectivity index (χ2v) is 8.33. The minimum Gasteiger partial charge on any atom is -0.330 e. The fourth-order valence-corrected chi connectivity index (χ4v) is 4.40. The Hall–Kier alpha value is -3.14. The van der Waals surface area contributed by atoms with Gasteiger partial charge in [0.05, 0.1) is 12.6 Å². The molecule has 0 fully saturated rings. The minimum atomic E-state index is -0.133. The average molecular weight is 414 g/mol. The topological polar surface area (TPSA) is 44.7 Å². The lowest BCUT2D eigenvalue weighted by Crippen LogP contribution is -2.37. The second-order valence-electron chi connectivity index (χ2n) is 8.33. The molecule has 1 aliphatic heterocycles. The van der Waals surface area contributed by atoms with Gasteiger partial charge in [0.15, 0.2) is 0 Å². The molecule has 0 spiro atoms. The van der Waals surface area contributed by atoms with Crippen molar-refractivity contribution in [1.29, 1.82) is 0 Å². The third-order valence-corrected chi connectivity index (χ3v) is 6.11. The van der Waals surface area contributed by atoms with Crippen LogP contribution in [0.2, 0.25) is 0 Å². The van der Waals surface area contributed by atoms with E-state index in [2.05, 4.69) is 60.8 Å². The molecule has 3 aromatic rings. The molecule has 0 aromatic heterocycles. The predicted molar refractivity (Wildman–Crippen MR) is 128 cm³/mol. The van der Waals surface area contributed by atoms with Crippen LogP contribution in [-0.2, 0) is 0 Å². The van der Waals surface area contributed by atoms with Crippen LogP contribution < -0.4 is 5.32 Å². The molecular formula is C27H31N3O. The maximum absolute atomic E-state index is 13.1. The Morgan fingerprint density at radius 2 is 1.77 bits per heavy atom. The van der Waals surface area contributed by atoms with Gasteiger partial charge in [-0.1, -0.05) is 92.6 Å². The van der Waals surface area contributed by atoms with E-state index in [-0.39, 0.29) is 18.0 Å². The van der Waals surface area contributed by atoms with Crippen molar-refractivity contribution >= 4 is 22.5 Å². The van der Waals surface area contributed by atoms with Gasteiger partial charge in [0.25, 0.3) is 0 Å². The molecule has 0 aliphatic carbocycles. The van der Waals surface area contributed by atoms with Crippen molar-refractivity contribution in [2.45, 2.75) is 51.5 Å². The second kappa shape index (κ2) is 9.78. The van der Waals surface area contributed by atoms with E-state index in [1.54, 1.807) is 5.01 Å². The fourth-order valence-electron chi connectivity index (χ4n) is 4.40. The zero-order valence-corrected chi connectivity index (χ0v) is 18.4. The van der Waals surface area contributed by atoms with Crippen molar-refractivity contribution in [2.24, 2.45) is 5.10 Å². The van der Waals surface area contributed by atoms with Gasteiger partial charge in [0.2, 0.25) is 0 Å². The van der Waals surface area contributed by atoms with Crippen LogP contribution in [0.5, 0.6) is 0 Å². The number of amides is 2. The summed E-state index contributed by atoms with van der Waals surface area (Å²) in [6, 6.07) is 24.7. The molecule has 4 nitrogen and oxygen atoms in total. The number of hydrogen-bond acceptors (Lipinski definition) is 2. The molecule has 31 heavy (non-hydrogen) atoms. The summed E-state index contributed by atoms with van der Waals surface area (Å²) < 4.78 is 0. The Morgan fingerprint density at radius 1 is 1.03 bits per heavy atom. The highest BCUT2D eigenvalue weighted by atomic mass is 16.2. The van der Waals surface area contributed by atoms with E-state index >= 15 is 0 Å². The summed E-state index contributed by atoms with van der Waals surface area (Å²) in [5, 5.41) is 11.9. The number of carbonyl (C=O) groups is 1. The summed E-state index contributed by atoms with van der Waals surface area (Å²) in [6.45, 7) is 4.84. The van der Waals surface area contributed by atoms with Gasteiger partial charge in [-0.05, 0) is 41.7 Å². The summed E-state index contributed by atoms with van der Waals surface area (Å²) in [5.74, 6) is 0.177. The van der Waals surface area contributed by atoms with Gasteiger partial charge in [-0.2, -0.15) is 5.10 Å². The molecular weight excluding hydrogens is 382 g/mol. The van der Waals surface area contributed by atoms with Crippen molar-refractivity contribution in [3.63, 3.8) is 0 Å². The molecule has 1 N–H and O–H groups in total. The number of benzene rings is 3. The van der Waals surface area contributed by atoms with E-state index in [0.29, 0.717) is 6.54 Å². The molecule has 2 amide bonds. The summed E-state index contributed by atoms with van der Waals surface area (Å²) in [4.78, 5) is 13.1. The zero-order valence-electron chi connectivity index (χ0n) is 18.4. The van der Waals surface area contributed by atoms with Crippen molar-refractivity contribution in [3.8, 4) is 0 Å². The van der Waals surface area contributed by atoms with Gasteiger partial charge in [0.1, 0.15) is 0 Å². The quantitative estimate of drug-likeness (QED) is 0.433. The molecule has 0 bridgehead atoms. The first-order valence-corrected chi connectivity index (χ1v) is 11.4. The van der Waals surface area contributed by atoms with Crippen molar-refractivity contribution in [1.82, 2.24) is 10.3 Å². The van der Waals surface area contributed by atoms with E-state index in [4.69, 9.17) is 5.10 Å². The van der Waals surface area contributed by atoms with Gasteiger partial charge in [-0.25, -0.2) is 9.80 Å². The van der Waals surface area contributed by atoms with Crippen molar-refractivity contribution < 1.29 is 4.79 Å². The lowest BCUT2D eigenvalue weighted by Gasteiger charge is -2.20. The van der Waals surface area contributed by atoms with E-state index in [1.165, 1.54) is 29.2 Å². The Balaban J connectivity index is 1.50. The first-order valence-electron chi connectivity index (χ1n) is 11.4. The number of hydrogen-bond donors (Lipinski definition) is 1.